The minimum Gasteiger partial charge on any atom is -0.349 e. The molecule has 18 heavy (non-hydrogen) atoms. The average molecular weight is 244 g/mol. The van der Waals surface area contributed by atoms with Crippen molar-refractivity contribution in [3.05, 3.63) is 40.5 Å². The molecular formula is C14H16N2O2. The second kappa shape index (κ2) is 4.72. The number of aromatic nitrogens is 2. The summed E-state index contributed by atoms with van der Waals surface area (Å²) in [6, 6.07) is 0. The van der Waals surface area contributed by atoms with E-state index in [1.807, 2.05) is 0 Å². The minimum absolute atomic E-state index is 0.00356. The summed E-state index contributed by atoms with van der Waals surface area (Å²) in [6.07, 6.45) is 4.62. The summed E-state index contributed by atoms with van der Waals surface area (Å²) in [5.41, 5.74) is 2.34. The quantitative estimate of drug-likeness (QED) is 0.829. The van der Waals surface area contributed by atoms with Gasteiger partial charge in [0.15, 0.2) is 11.6 Å². The zero-order valence-electron chi connectivity index (χ0n) is 10.8. The smallest absolute Gasteiger partial charge is 0.185 e. The van der Waals surface area contributed by atoms with Gasteiger partial charge >= 0.3 is 0 Å². The molecule has 1 aliphatic rings. The van der Waals surface area contributed by atoms with Crippen molar-refractivity contribution in [2.45, 2.75) is 33.6 Å². The van der Waals surface area contributed by atoms with Crippen molar-refractivity contribution < 1.29 is 9.59 Å². The molecule has 0 saturated carbocycles. The van der Waals surface area contributed by atoms with Gasteiger partial charge in [-0.1, -0.05) is 0 Å². The summed E-state index contributed by atoms with van der Waals surface area (Å²) in [6.45, 7) is 5.16. The number of hydrogen-bond acceptors (Lipinski definition) is 3. The van der Waals surface area contributed by atoms with E-state index in [0.29, 0.717) is 35.1 Å². The molecule has 2 rings (SSSR count). The lowest BCUT2D eigenvalue weighted by atomic mass is 9.84. The van der Waals surface area contributed by atoms with E-state index in [-0.39, 0.29) is 11.6 Å². The number of Topliss-reactive ketones (excluding diaryl/α,β-unsaturated/α-hetero) is 2. The van der Waals surface area contributed by atoms with Crippen molar-refractivity contribution in [2.24, 2.45) is 0 Å². The Kier molecular flexibility index (Phi) is 3.28. The number of rotatable bonds is 3. The Balaban J connectivity index is 2.22. The van der Waals surface area contributed by atoms with E-state index < -0.39 is 0 Å². The molecule has 1 aromatic rings. The molecule has 1 aliphatic carbocycles. The van der Waals surface area contributed by atoms with Crippen LogP contribution in [0.25, 0.3) is 0 Å². The first-order valence-corrected chi connectivity index (χ1v) is 5.97. The van der Waals surface area contributed by atoms with Crippen LogP contribution in [0, 0.1) is 0 Å². The molecule has 0 fully saturated rings. The molecule has 0 bridgehead atoms. The van der Waals surface area contributed by atoms with Crippen molar-refractivity contribution >= 4 is 11.6 Å². The maximum Gasteiger partial charge on any atom is 0.185 e. The summed E-state index contributed by atoms with van der Waals surface area (Å²) in [7, 11) is 0. The Morgan fingerprint density at radius 3 is 2.28 bits per heavy atom. The topological polar surface area (TPSA) is 62.8 Å². The van der Waals surface area contributed by atoms with E-state index in [1.165, 1.54) is 0 Å². The second-order valence-corrected chi connectivity index (χ2v) is 4.55. The van der Waals surface area contributed by atoms with E-state index in [2.05, 4.69) is 9.97 Å². The van der Waals surface area contributed by atoms with Crippen molar-refractivity contribution in [1.82, 2.24) is 9.97 Å². The van der Waals surface area contributed by atoms with Crippen LogP contribution in [-0.4, -0.2) is 21.5 Å². The molecule has 0 unspecified atom stereocenters. The highest BCUT2D eigenvalue weighted by atomic mass is 16.1. The fourth-order valence-corrected chi connectivity index (χ4v) is 2.13. The molecule has 1 N–H and O–H groups in total. The number of carbonyl (C=O) groups is 2. The number of allylic oxidation sites excluding steroid dienone is 4. The molecule has 4 nitrogen and oxygen atoms in total. The van der Waals surface area contributed by atoms with Gasteiger partial charge in [-0.05, 0) is 27.2 Å². The van der Waals surface area contributed by atoms with Gasteiger partial charge < -0.3 is 4.98 Å². The van der Waals surface area contributed by atoms with Crippen LogP contribution in [0.4, 0.5) is 0 Å². The first kappa shape index (κ1) is 12.5. The highest BCUT2D eigenvalue weighted by molar-refractivity contribution is 6.24. The van der Waals surface area contributed by atoms with Gasteiger partial charge in [0.2, 0.25) is 0 Å². The van der Waals surface area contributed by atoms with Crippen LogP contribution >= 0.6 is 0 Å². The van der Waals surface area contributed by atoms with Gasteiger partial charge in [0.25, 0.3) is 0 Å². The van der Waals surface area contributed by atoms with E-state index in [0.717, 1.165) is 5.82 Å². The van der Waals surface area contributed by atoms with Crippen LogP contribution in [-0.2, 0) is 16.0 Å². The molecule has 4 heteroatoms. The summed E-state index contributed by atoms with van der Waals surface area (Å²) in [5, 5.41) is 0. The number of nitrogens with zero attached hydrogens (tertiary/aromatic N) is 1. The van der Waals surface area contributed by atoms with Crippen LogP contribution in [0.15, 0.2) is 34.7 Å². The van der Waals surface area contributed by atoms with Crippen molar-refractivity contribution in [3.8, 4) is 0 Å². The molecule has 0 saturated heterocycles. The van der Waals surface area contributed by atoms with Crippen LogP contribution < -0.4 is 0 Å². The first-order chi connectivity index (χ1) is 8.52. The predicted molar refractivity (Wildman–Crippen MR) is 68.0 cm³/mol. The summed E-state index contributed by atoms with van der Waals surface area (Å²) in [4.78, 5) is 31.2. The maximum atomic E-state index is 12.2. The lowest BCUT2D eigenvalue weighted by Crippen LogP contribution is -2.21. The lowest BCUT2D eigenvalue weighted by molar-refractivity contribution is -0.116. The Morgan fingerprint density at radius 1 is 1.00 bits per heavy atom. The monoisotopic (exact) mass is 244 g/mol. The number of hydrogen-bond donors (Lipinski definition) is 1. The molecule has 0 aromatic carbocycles. The van der Waals surface area contributed by atoms with E-state index in [4.69, 9.17) is 0 Å². The third kappa shape index (κ3) is 2.06. The standard InChI is InChI=1S/C14H16N2O2/c1-8-9(2)14(18)11(10(3)13(8)17)4-5-12-15-6-7-16-12/h6-7H,4-5H2,1-3H3,(H,15,16). The van der Waals surface area contributed by atoms with Crippen LogP contribution in [0.3, 0.4) is 0 Å². The van der Waals surface area contributed by atoms with Gasteiger partial charge in [-0.25, -0.2) is 4.98 Å². The van der Waals surface area contributed by atoms with Gasteiger partial charge in [-0.15, -0.1) is 0 Å². The molecule has 0 atom stereocenters. The Morgan fingerprint density at radius 2 is 1.67 bits per heavy atom. The van der Waals surface area contributed by atoms with Crippen LogP contribution in [0.1, 0.15) is 33.0 Å². The summed E-state index contributed by atoms with van der Waals surface area (Å²) < 4.78 is 0. The number of carbonyl (C=O) groups excluding carboxylic acids is 2. The number of aryl methyl sites for hydroxylation is 1. The average Bonchev–Trinajstić information content (AvgIpc) is 2.87. The molecule has 0 aliphatic heterocycles. The van der Waals surface area contributed by atoms with Crippen LogP contribution in [0.2, 0.25) is 0 Å². The Labute approximate surface area is 106 Å². The normalized spacial score (nSPS) is 16.8. The van der Waals surface area contributed by atoms with E-state index in [9.17, 15) is 9.59 Å². The highest BCUT2D eigenvalue weighted by Gasteiger charge is 2.27. The molecule has 94 valence electrons. The lowest BCUT2D eigenvalue weighted by Gasteiger charge is -2.18. The number of aromatic amines is 1. The summed E-state index contributed by atoms with van der Waals surface area (Å²) in [5.74, 6) is 0.817. The van der Waals surface area contributed by atoms with Gasteiger partial charge in [0, 0.05) is 41.1 Å². The van der Waals surface area contributed by atoms with Crippen molar-refractivity contribution in [1.29, 1.82) is 0 Å². The molecule has 1 heterocycles. The predicted octanol–water partition coefficient (Wildman–Crippen LogP) is 2.15. The maximum absolute atomic E-state index is 12.2. The van der Waals surface area contributed by atoms with Gasteiger partial charge in [-0.2, -0.15) is 0 Å². The Bertz CT molecular complexity index is 563. The fraction of sp³-hybridized carbons (Fsp3) is 0.357. The third-order valence-electron chi connectivity index (χ3n) is 3.48. The largest absolute Gasteiger partial charge is 0.349 e. The van der Waals surface area contributed by atoms with Crippen LogP contribution in [0.5, 0.6) is 0 Å². The van der Waals surface area contributed by atoms with Gasteiger partial charge in [-0.3, -0.25) is 9.59 Å². The molecule has 0 radical (unpaired) electrons. The van der Waals surface area contributed by atoms with E-state index in [1.54, 1.807) is 33.2 Å². The zero-order valence-corrected chi connectivity index (χ0v) is 10.8. The SMILES string of the molecule is CC1=C(C)C(=O)C(CCc2ncc[nH]2)=C(C)C1=O. The molecule has 0 spiro atoms. The number of imidazole rings is 1. The van der Waals surface area contributed by atoms with Crippen molar-refractivity contribution in [2.75, 3.05) is 0 Å². The Hall–Kier alpha value is -1.97. The molecule has 1 aromatic heterocycles. The van der Waals surface area contributed by atoms with Crippen molar-refractivity contribution in [3.63, 3.8) is 0 Å². The number of H-pyrrole nitrogens is 1. The zero-order chi connectivity index (χ0) is 13.3. The van der Waals surface area contributed by atoms with E-state index >= 15 is 0 Å². The molecular weight excluding hydrogens is 228 g/mol. The second-order valence-electron chi connectivity index (χ2n) is 4.55. The third-order valence-corrected chi connectivity index (χ3v) is 3.48. The minimum atomic E-state index is -0.0125. The number of ketones is 2. The molecule has 0 amide bonds. The van der Waals surface area contributed by atoms with Gasteiger partial charge in [0.1, 0.15) is 5.82 Å². The number of nitrogens with one attached hydrogen (secondary N) is 1. The summed E-state index contributed by atoms with van der Waals surface area (Å²) >= 11 is 0. The highest BCUT2D eigenvalue weighted by Crippen LogP contribution is 2.26. The van der Waals surface area contributed by atoms with Gasteiger partial charge in [0.05, 0.1) is 0 Å². The fourth-order valence-electron chi connectivity index (χ4n) is 2.13. The first-order valence-electron chi connectivity index (χ1n) is 5.97.